The standard InChI is InChI=1S/C23H22N4O4S/c1-4-32(28,29)27-20-10-9-17-18(20)6-5-7-19(17)22-25-23(31-26-22)15-8-11-21(30-14(2)3)16(12-15)13-24/h4-8,11-12,14,20,27H,1,9-10H2,2-3H3/t20-/m0/s1. The zero-order chi connectivity index (χ0) is 22.9. The van der Waals surface area contributed by atoms with Crippen molar-refractivity contribution in [1.82, 2.24) is 14.9 Å². The smallest absolute Gasteiger partial charge is 0.258 e. The van der Waals surface area contributed by atoms with Crippen molar-refractivity contribution in [3.8, 4) is 34.7 Å². The van der Waals surface area contributed by atoms with Crippen molar-refractivity contribution in [3.05, 3.63) is 65.1 Å². The molecule has 164 valence electrons. The first kappa shape index (κ1) is 21.7. The highest BCUT2D eigenvalue weighted by atomic mass is 32.2. The van der Waals surface area contributed by atoms with Crippen LogP contribution in [-0.2, 0) is 16.4 Å². The molecule has 4 rings (SSSR count). The SMILES string of the molecule is C=CS(=O)(=O)N[C@H]1CCc2c(-c3noc(-c4ccc(OC(C)C)c(C#N)c4)n3)cccc21. The van der Waals surface area contributed by atoms with Crippen LogP contribution in [0.15, 0.2) is 52.9 Å². The van der Waals surface area contributed by atoms with Crippen molar-refractivity contribution in [2.45, 2.75) is 38.8 Å². The second-order valence-corrected chi connectivity index (χ2v) is 9.37. The van der Waals surface area contributed by atoms with Crippen molar-refractivity contribution >= 4 is 10.0 Å². The first-order chi connectivity index (χ1) is 15.3. The van der Waals surface area contributed by atoms with Crippen molar-refractivity contribution in [1.29, 1.82) is 5.26 Å². The minimum Gasteiger partial charge on any atom is -0.490 e. The fraction of sp³-hybridized carbons (Fsp3) is 0.261. The zero-order valence-corrected chi connectivity index (χ0v) is 18.5. The monoisotopic (exact) mass is 450 g/mol. The molecule has 0 unspecified atom stereocenters. The Labute approximate surface area is 186 Å². The van der Waals surface area contributed by atoms with Gasteiger partial charge in [-0.2, -0.15) is 10.2 Å². The Hall–Kier alpha value is -3.48. The number of rotatable bonds is 7. The number of nitriles is 1. The van der Waals surface area contributed by atoms with E-state index in [-0.39, 0.29) is 18.0 Å². The molecule has 9 heteroatoms. The molecular formula is C23H22N4O4S. The zero-order valence-electron chi connectivity index (χ0n) is 17.7. The van der Waals surface area contributed by atoms with Gasteiger partial charge >= 0.3 is 0 Å². The third-order valence-electron chi connectivity index (χ3n) is 5.17. The average Bonchev–Trinajstić information content (AvgIpc) is 3.41. The lowest BCUT2D eigenvalue weighted by Crippen LogP contribution is -2.25. The van der Waals surface area contributed by atoms with Gasteiger partial charge in [0.15, 0.2) is 0 Å². The van der Waals surface area contributed by atoms with E-state index in [1.807, 2.05) is 32.0 Å². The van der Waals surface area contributed by atoms with Gasteiger partial charge < -0.3 is 9.26 Å². The largest absolute Gasteiger partial charge is 0.490 e. The van der Waals surface area contributed by atoms with E-state index in [0.717, 1.165) is 22.1 Å². The van der Waals surface area contributed by atoms with E-state index in [1.54, 1.807) is 18.2 Å². The number of aromatic nitrogens is 2. The van der Waals surface area contributed by atoms with Gasteiger partial charge in [-0.05, 0) is 56.0 Å². The maximum Gasteiger partial charge on any atom is 0.258 e. The quantitative estimate of drug-likeness (QED) is 0.575. The molecule has 32 heavy (non-hydrogen) atoms. The molecule has 0 spiro atoms. The second kappa shape index (κ2) is 8.57. The molecule has 3 aromatic rings. The van der Waals surface area contributed by atoms with Crippen LogP contribution in [0.3, 0.4) is 0 Å². The van der Waals surface area contributed by atoms with Gasteiger partial charge in [0.2, 0.25) is 15.8 Å². The second-order valence-electron chi connectivity index (χ2n) is 7.71. The molecule has 0 bridgehead atoms. The lowest BCUT2D eigenvalue weighted by Gasteiger charge is -2.13. The Morgan fingerprint density at radius 2 is 2.16 bits per heavy atom. The number of fused-ring (bicyclic) bond motifs is 1. The maximum absolute atomic E-state index is 11.9. The van der Waals surface area contributed by atoms with E-state index in [1.165, 1.54) is 0 Å². The number of nitrogens with one attached hydrogen (secondary N) is 1. The minimum absolute atomic E-state index is 0.0529. The summed E-state index contributed by atoms with van der Waals surface area (Å²) < 4.78 is 37.6. The third-order valence-corrected chi connectivity index (χ3v) is 6.23. The van der Waals surface area contributed by atoms with E-state index >= 15 is 0 Å². The molecule has 1 N–H and O–H groups in total. The third kappa shape index (κ3) is 4.28. The van der Waals surface area contributed by atoms with Gasteiger partial charge in [-0.25, -0.2) is 13.1 Å². The van der Waals surface area contributed by atoms with Crippen LogP contribution in [0.2, 0.25) is 0 Å². The minimum atomic E-state index is -3.55. The molecule has 8 nitrogen and oxygen atoms in total. The van der Waals surface area contributed by atoms with Crippen LogP contribution < -0.4 is 9.46 Å². The summed E-state index contributed by atoms with van der Waals surface area (Å²) in [6, 6.07) is 12.6. The molecule has 1 atom stereocenters. The molecule has 1 heterocycles. The molecule has 0 saturated heterocycles. The predicted molar refractivity (Wildman–Crippen MR) is 119 cm³/mol. The summed E-state index contributed by atoms with van der Waals surface area (Å²) in [5.74, 6) is 1.19. The average molecular weight is 451 g/mol. The summed E-state index contributed by atoms with van der Waals surface area (Å²) in [5.41, 5.74) is 3.66. The van der Waals surface area contributed by atoms with Gasteiger partial charge in [-0.15, -0.1) is 0 Å². The number of hydrogen-bond donors (Lipinski definition) is 1. The van der Waals surface area contributed by atoms with Crippen LogP contribution in [0, 0.1) is 11.3 Å². The summed E-state index contributed by atoms with van der Waals surface area (Å²) in [6.07, 6.45) is 1.26. The molecule has 1 aromatic heterocycles. The number of ether oxygens (including phenoxy) is 1. The van der Waals surface area contributed by atoms with Gasteiger partial charge in [-0.3, -0.25) is 0 Å². The summed E-state index contributed by atoms with van der Waals surface area (Å²) in [6.45, 7) is 7.13. The van der Waals surface area contributed by atoms with Crippen LogP contribution in [0.4, 0.5) is 0 Å². The van der Waals surface area contributed by atoms with Crippen molar-refractivity contribution < 1.29 is 17.7 Å². The Kier molecular flexibility index (Phi) is 5.82. The Morgan fingerprint density at radius 3 is 2.88 bits per heavy atom. The van der Waals surface area contributed by atoms with Crippen molar-refractivity contribution in [2.75, 3.05) is 0 Å². The first-order valence-electron chi connectivity index (χ1n) is 10.1. The molecule has 0 radical (unpaired) electrons. The number of nitrogens with zero attached hydrogens (tertiary/aromatic N) is 3. The fourth-order valence-electron chi connectivity index (χ4n) is 3.79. The Bertz CT molecular complexity index is 1320. The van der Waals surface area contributed by atoms with Crippen molar-refractivity contribution in [3.63, 3.8) is 0 Å². The summed E-state index contributed by atoms with van der Waals surface area (Å²) >= 11 is 0. The summed E-state index contributed by atoms with van der Waals surface area (Å²) in [4.78, 5) is 4.53. The molecule has 1 aliphatic rings. The van der Waals surface area contributed by atoms with Gasteiger partial charge in [0, 0.05) is 22.6 Å². The van der Waals surface area contributed by atoms with E-state index in [2.05, 4.69) is 27.5 Å². The van der Waals surface area contributed by atoms with E-state index in [0.29, 0.717) is 35.5 Å². The van der Waals surface area contributed by atoms with E-state index in [9.17, 15) is 13.7 Å². The lowest BCUT2D eigenvalue weighted by atomic mass is 10.0. The number of benzene rings is 2. The highest BCUT2D eigenvalue weighted by Crippen LogP contribution is 2.38. The highest BCUT2D eigenvalue weighted by molar-refractivity contribution is 7.92. The van der Waals surface area contributed by atoms with Gasteiger partial charge in [0.25, 0.3) is 5.89 Å². The van der Waals surface area contributed by atoms with Crippen LogP contribution >= 0.6 is 0 Å². The molecule has 0 aliphatic heterocycles. The van der Waals surface area contributed by atoms with Gasteiger partial charge in [0.05, 0.1) is 11.7 Å². The summed E-state index contributed by atoms with van der Waals surface area (Å²) in [5, 5.41) is 14.5. The topological polar surface area (TPSA) is 118 Å². The highest BCUT2D eigenvalue weighted by Gasteiger charge is 2.28. The molecule has 0 amide bonds. The molecule has 0 fully saturated rings. The molecular weight excluding hydrogens is 428 g/mol. The Balaban J connectivity index is 1.65. The summed E-state index contributed by atoms with van der Waals surface area (Å²) in [7, 11) is -3.55. The number of hydrogen-bond acceptors (Lipinski definition) is 7. The van der Waals surface area contributed by atoms with Gasteiger partial charge in [0.1, 0.15) is 11.8 Å². The van der Waals surface area contributed by atoms with E-state index < -0.39 is 10.0 Å². The molecule has 0 saturated carbocycles. The van der Waals surface area contributed by atoms with Crippen LogP contribution in [0.1, 0.15) is 43.0 Å². The predicted octanol–water partition coefficient (Wildman–Crippen LogP) is 4.11. The fourth-order valence-corrected chi connectivity index (χ4v) is 4.53. The Morgan fingerprint density at radius 1 is 1.34 bits per heavy atom. The normalized spacial score (nSPS) is 15.4. The first-order valence-corrected chi connectivity index (χ1v) is 11.7. The molecule has 2 aromatic carbocycles. The van der Waals surface area contributed by atoms with Crippen molar-refractivity contribution in [2.24, 2.45) is 0 Å². The van der Waals surface area contributed by atoms with Gasteiger partial charge in [-0.1, -0.05) is 29.9 Å². The van der Waals surface area contributed by atoms with Crippen LogP contribution in [-0.4, -0.2) is 24.7 Å². The number of sulfonamides is 1. The maximum atomic E-state index is 11.9. The van der Waals surface area contributed by atoms with E-state index in [4.69, 9.17) is 9.26 Å². The van der Waals surface area contributed by atoms with Crippen LogP contribution in [0.25, 0.3) is 22.8 Å². The lowest BCUT2D eigenvalue weighted by molar-refractivity contribution is 0.241. The molecule has 1 aliphatic carbocycles. The van der Waals surface area contributed by atoms with Crippen LogP contribution in [0.5, 0.6) is 5.75 Å².